The second-order valence-electron chi connectivity index (χ2n) is 3.65. The first-order valence-electron chi connectivity index (χ1n) is 5.40. The van der Waals surface area contributed by atoms with Crippen molar-refractivity contribution < 1.29 is 19.0 Å². The zero-order chi connectivity index (χ0) is 14.5. The molecule has 0 aliphatic rings. The second kappa shape index (κ2) is 6.12. The average Bonchev–Trinajstić information content (AvgIpc) is 2.42. The van der Waals surface area contributed by atoms with Gasteiger partial charge in [0.1, 0.15) is 11.6 Å². The van der Waals surface area contributed by atoms with Crippen LogP contribution in [0.2, 0.25) is 5.02 Å². The fraction of sp³-hybridized carbons (Fsp3) is 0. The Hall–Kier alpha value is -2.47. The summed E-state index contributed by atoms with van der Waals surface area (Å²) >= 11 is 5.55. The quantitative estimate of drug-likeness (QED) is 0.877. The second-order valence-corrected chi connectivity index (χ2v) is 4.06. The fourth-order valence-electron chi connectivity index (χ4n) is 1.28. The van der Waals surface area contributed by atoms with Crippen molar-refractivity contribution in [1.82, 2.24) is 9.97 Å². The predicted molar refractivity (Wildman–Crippen MR) is 70.2 cm³/mol. The monoisotopic (exact) mass is 294 g/mol. The van der Waals surface area contributed by atoms with Gasteiger partial charge in [-0.3, -0.25) is 0 Å². The Labute approximate surface area is 118 Å². The van der Waals surface area contributed by atoms with E-state index >= 15 is 0 Å². The molecule has 0 aliphatic heterocycles. The summed E-state index contributed by atoms with van der Waals surface area (Å²) in [6.45, 7) is 0. The van der Waals surface area contributed by atoms with E-state index in [0.29, 0.717) is 5.56 Å². The van der Waals surface area contributed by atoms with Crippen LogP contribution in [-0.2, 0) is 4.79 Å². The molecule has 0 unspecified atom stereocenters. The zero-order valence-corrected chi connectivity index (χ0v) is 10.7. The smallest absolute Gasteiger partial charge is 0.328 e. The summed E-state index contributed by atoms with van der Waals surface area (Å²) in [5, 5.41) is 8.47. The normalized spacial score (nSPS) is 10.7. The van der Waals surface area contributed by atoms with Crippen LogP contribution in [0.5, 0.6) is 11.8 Å². The Kier molecular flexibility index (Phi) is 4.27. The summed E-state index contributed by atoms with van der Waals surface area (Å²) in [7, 11) is 0. The number of carbonyl (C=O) groups is 1. The molecule has 2 rings (SSSR count). The van der Waals surface area contributed by atoms with Gasteiger partial charge < -0.3 is 9.84 Å². The maximum Gasteiger partial charge on any atom is 0.328 e. The van der Waals surface area contributed by atoms with Gasteiger partial charge in [-0.05, 0) is 18.2 Å². The molecule has 20 heavy (non-hydrogen) atoms. The lowest BCUT2D eigenvalue weighted by Gasteiger charge is -2.04. The number of carboxylic acid groups (broad SMARTS) is 1. The molecular weight excluding hydrogens is 287 g/mol. The van der Waals surface area contributed by atoms with E-state index < -0.39 is 11.8 Å². The van der Waals surface area contributed by atoms with Crippen molar-refractivity contribution in [3.05, 3.63) is 53.1 Å². The molecule has 0 fully saturated rings. The van der Waals surface area contributed by atoms with Crippen molar-refractivity contribution in [2.75, 3.05) is 0 Å². The van der Waals surface area contributed by atoms with Crippen molar-refractivity contribution in [1.29, 1.82) is 0 Å². The van der Waals surface area contributed by atoms with Crippen molar-refractivity contribution in [3.63, 3.8) is 0 Å². The molecule has 0 saturated heterocycles. The van der Waals surface area contributed by atoms with Crippen LogP contribution in [0.15, 0.2) is 36.7 Å². The molecule has 0 atom stereocenters. The van der Waals surface area contributed by atoms with Gasteiger partial charge in [-0.25, -0.2) is 19.2 Å². The first kappa shape index (κ1) is 14.0. The molecule has 1 aromatic carbocycles. The molecule has 0 radical (unpaired) electrons. The van der Waals surface area contributed by atoms with Crippen LogP contribution in [0.3, 0.4) is 0 Å². The number of hydrogen-bond acceptors (Lipinski definition) is 4. The van der Waals surface area contributed by atoms with Crippen molar-refractivity contribution in [3.8, 4) is 11.8 Å². The highest BCUT2D eigenvalue weighted by atomic mass is 35.5. The van der Waals surface area contributed by atoms with Gasteiger partial charge >= 0.3 is 12.0 Å². The minimum atomic E-state index is -1.07. The number of benzene rings is 1. The van der Waals surface area contributed by atoms with E-state index in [1.807, 2.05) is 0 Å². The molecule has 0 amide bonds. The van der Waals surface area contributed by atoms with Crippen molar-refractivity contribution >= 4 is 23.6 Å². The lowest BCUT2D eigenvalue weighted by Crippen LogP contribution is -1.93. The van der Waals surface area contributed by atoms with E-state index in [9.17, 15) is 9.18 Å². The number of aliphatic carboxylic acids is 1. The Morgan fingerprint density at radius 1 is 1.35 bits per heavy atom. The van der Waals surface area contributed by atoms with Gasteiger partial charge in [0.15, 0.2) is 0 Å². The van der Waals surface area contributed by atoms with Gasteiger partial charge in [0.05, 0.1) is 5.02 Å². The first-order valence-corrected chi connectivity index (χ1v) is 5.78. The molecule has 7 heteroatoms. The van der Waals surface area contributed by atoms with Crippen molar-refractivity contribution in [2.45, 2.75) is 0 Å². The van der Waals surface area contributed by atoms with Gasteiger partial charge in [-0.1, -0.05) is 11.6 Å². The van der Waals surface area contributed by atoms with Gasteiger partial charge in [0.2, 0.25) is 0 Å². The standard InChI is InChI=1S/C13H8ClFN2O3/c14-10-3-2-9(5-11(10)15)20-13-16-6-8(7-17-13)1-4-12(18)19/h1-7H,(H,18,19)/b4-1+. The molecule has 2 aromatic rings. The summed E-state index contributed by atoms with van der Waals surface area (Å²) in [4.78, 5) is 18.1. The van der Waals surface area contributed by atoms with Crippen LogP contribution < -0.4 is 4.74 Å². The number of nitrogens with zero attached hydrogens (tertiary/aromatic N) is 2. The highest BCUT2D eigenvalue weighted by Crippen LogP contribution is 2.23. The summed E-state index contributed by atoms with van der Waals surface area (Å²) in [5.74, 6) is -1.46. The number of carboxylic acids is 1. The van der Waals surface area contributed by atoms with Gasteiger partial charge in [0, 0.05) is 30.1 Å². The van der Waals surface area contributed by atoms with Crippen LogP contribution in [-0.4, -0.2) is 21.0 Å². The SMILES string of the molecule is O=C(O)/C=C/c1cnc(Oc2ccc(Cl)c(F)c2)nc1. The average molecular weight is 295 g/mol. The third kappa shape index (κ3) is 3.76. The number of rotatable bonds is 4. The van der Waals surface area contributed by atoms with Gasteiger partial charge in [-0.15, -0.1) is 0 Å². The molecule has 1 heterocycles. The van der Waals surface area contributed by atoms with Crippen molar-refractivity contribution in [2.24, 2.45) is 0 Å². The molecule has 0 saturated carbocycles. The summed E-state index contributed by atoms with van der Waals surface area (Å²) in [5.41, 5.74) is 0.502. The molecule has 0 bridgehead atoms. The molecule has 0 aliphatic carbocycles. The van der Waals surface area contributed by atoms with E-state index in [1.54, 1.807) is 0 Å². The largest absolute Gasteiger partial charge is 0.478 e. The Morgan fingerprint density at radius 2 is 2.05 bits per heavy atom. The predicted octanol–water partition coefficient (Wildman–Crippen LogP) is 3.16. The Morgan fingerprint density at radius 3 is 2.65 bits per heavy atom. The molecular formula is C13H8ClFN2O3. The van der Waals surface area contributed by atoms with Gasteiger partial charge in [0.25, 0.3) is 0 Å². The van der Waals surface area contributed by atoms with E-state index in [0.717, 1.165) is 12.1 Å². The zero-order valence-electron chi connectivity index (χ0n) is 9.96. The molecule has 102 valence electrons. The van der Waals surface area contributed by atoms with E-state index in [2.05, 4.69) is 9.97 Å². The fourth-order valence-corrected chi connectivity index (χ4v) is 1.40. The molecule has 1 N–H and O–H groups in total. The molecule has 0 spiro atoms. The maximum atomic E-state index is 13.2. The Balaban J connectivity index is 2.10. The summed E-state index contributed by atoms with van der Waals surface area (Å²) in [6.07, 6.45) is 5.07. The topological polar surface area (TPSA) is 72.3 Å². The van der Waals surface area contributed by atoms with E-state index in [-0.39, 0.29) is 16.8 Å². The third-order valence-corrected chi connectivity index (χ3v) is 2.47. The minimum absolute atomic E-state index is 0.00701. The van der Waals surface area contributed by atoms with Crippen LogP contribution in [0.4, 0.5) is 4.39 Å². The highest BCUT2D eigenvalue weighted by Gasteiger charge is 2.04. The third-order valence-electron chi connectivity index (χ3n) is 2.17. The lowest BCUT2D eigenvalue weighted by molar-refractivity contribution is -0.131. The maximum absolute atomic E-state index is 13.2. The molecule has 1 aromatic heterocycles. The first-order chi connectivity index (χ1) is 9.54. The summed E-state index contributed by atoms with van der Waals surface area (Å²) < 4.78 is 18.4. The number of hydrogen-bond donors (Lipinski definition) is 1. The van der Waals surface area contributed by atoms with Crippen LogP contribution in [0.25, 0.3) is 6.08 Å². The van der Waals surface area contributed by atoms with Gasteiger partial charge in [-0.2, -0.15) is 0 Å². The minimum Gasteiger partial charge on any atom is -0.478 e. The van der Waals surface area contributed by atoms with E-state index in [4.69, 9.17) is 21.4 Å². The van der Waals surface area contributed by atoms with Crippen LogP contribution in [0, 0.1) is 5.82 Å². The van der Waals surface area contributed by atoms with Crippen LogP contribution in [0.1, 0.15) is 5.56 Å². The summed E-state index contributed by atoms with van der Waals surface area (Å²) in [6, 6.07) is 3.96. The highest BCUT2D eigenvalue weighted by molar-refractivity contribution is 6.30. The lowest BCUT2D eigenvalue weighted by atomic mass is 10.3. The number of ether oxygens (including phenoxy) is 1. The van der Waals surface area contributed by atoms with Crippen LogP contribution >= 0.6 is 11.6 Å². The Bertz CT molecular complexity index is 659. The van der Waals surface area contributed by atoms with E-state index in [1.165, 1.54) is 30.6 Å². The number of aromatic nitrogens is 2. The number of halogens is 2. The molecule has 5 nitrogen and oxygen atoms in total.